The largest absolute Gasteiger partial charge is 0.478 e. The summed E-state index contributed by atoms with van der Waals surface area (Å²) in [6, 6.07) is 4.43. The van der Waals surface area contributed by atoms with Crippen molar-refractivity contribution in [2.75, 3.05) is 38.6 Å². The van der Waals surface area contributed by atoms with E-state index >= 15 is 0 Å². The zero-order valence-electron chi connectivity index (χ0n) is 16.8. The van der Waals surface area contributed by atoms with Gasteiger partial charge in [0.15, 0.2) is 5.88 Å². The summed E-state index contributed by atoms with van der Waals surface area (Å²) in [5.74, 6) is 1.98. The Bertz CT molecular complexity index is 670. The molecule has 2 aliphatic rings. The van der Waals surface area contributed by atoms with Crippen molar-refractivity contribution in [2.45, 2.75) is 45.4 Å². The molecule has 5 nitrogen and oxygen atoms in total. The van der Waals surface area contributed by atoms with Crippen molar-refractivity contribution >= 4 is 5.82 Å². The fourth-order valence-corrected chi connectivity index (χ4v) is 3.50. The monoisotopic (exact) mass is 370 g/mol. The Hall–Kier alpha value is -2.01. The van der Waals surface area contributed by atoms with Gasteiger partial charge in [-0.15, -0.1) is 0 Å². The molecule has 0 spiro atoms. The fraction of sp³-hybridized carbons (Fsp3) is 0.591. The summed E-state index contributed by atoms with van der Waals surface area (Å²) in [5, 5.41) is 10.0. The van der Waals surface area contributed by atoms with Gasteiger partial charge in [-0.2, -0.15) is 0 Å². The molecular weight excluding hydrogens is 336 g/mol. The number of allylic oxidation sites excluding steroid dienone is 3. The highest BCUT2D eigenvalue weighted by Crippen LogP contribution is 2.34. The number of rotatable bonds is 11. The van der Waals surface area contributed by atoms with Crippen molar-refractivity contribution in [3.63, 3.8) is 0 Å². The molecule has 3 rings (SSSR count). The first-order chi connectivity index (χ1) is 13.2. The van der Waals surface area contributed by atoms with E-state index in [1.807, 2.05) is 7.05 Å². The lowest BCUT2D eigenvalue weighted by atomic mass is 9.78. The minimum absolute atomic E-state index is 0.159. The maximum absolute atomic E-state index is 5.83. The van der Waals surface area contributed by atoms with E-state index in [-0.39, 0.29) is 5.41 Å². The molecule has 0 saturated heterocycles. The van der Waals surface area contributed by atoms with E-state index in [0.29, 0.717) is 6.61 Å². The first-order valence-corrected chi connectivity index (χ1v) is 10.3. The summed E-state index contributed by atoms with van der Waals surface area (Å²) in [6.07, 6.45) is 13.4. The van der Waals surface area contributed by atoms with E-state index in [9.17, 15) is 0 Å². The lowest BCUT2D eigenvalue weighted by molar-refractivity contribution is 0.190. The smallest absolute Gasteiger partial charge is 0.183 e. The predicted octanol–water partition coefficient (Wildman–Crippen LogP) is 3.40. The third-order valence-corrected chi connectivity index (χ3v) is 5.29. The van der Waals surface area contributed by atoms with Crippen molar-refractivity contribution < 1.29 is 4.74 Å². The number of nitrogens with zero attached hydrogens (tertiary/aromatic N) is 1. The molecule has 2 heterocycles. The van der Waals surface area contributed by atoms with Gasteiger partial charge in [-0.1, -0.05) is 25.1 Å². The number of ether oxygens (including phenoxy) is 1. The van der Waals surface area contributed by atoms with Gasteiger partial charge >= 0.3 is 0 Å². The van der Waals surface area contributed by atoms with E-state index < -0.39 is 0 Å². The number of pyridine rings is 1. The quantitative estimate of drug-likeness (QED) is 0.317. The standard InChI is InChI=1S/C22H34N4O/c1-22(11-6-12-22)17-20(23-2)27-16-15-24-13-4-3-8-19-10-9-18-7-5-14-25-21(18)26-19/h6,9-11,17,23-24H,3-5,7-8,12-16H2,1-2H3,(H,25,26)/b20-17+. The molecule has 1 unspecified atom stereocenters. The number of hydrogen-bond donors (Lipinski definition) is 3. The van der Waals surface area contributed by atoms with Crippen LogP contribution in [0.15, 0.2) is 36.2 Å². The Balaban J connectivity index is 1.25. The highest BCUT2D eigenvalue weighted by atomic mass is 16.5. The molecule has 0 amide bonds. The van der Waals surface area contributed by atoms with Gasteiger partial charge in [-0.05, 0) is 62.8 Å². The van der Waals surface area contributed by atoms with Gasteiger partial charge in [0, 0.05) is 31.2 Å². The van der Waals surface area contributed by atoms with E-state index in [0.717, 1.165) is 63.4 Å². The third kappa shape index (κ3) is 5.99. The molecule has 3 N–H and O–H groups in total. The maximum Gasteiger partial charge on any atom is 0.183 e. The molecule has 1 aromatic heterocycles. The molecule has 148 valence electrons. The number of unbranched alkanes of at least 4 members (excludes halogenated alkanes) is 1. The van der Waals surface area contributed by atoms with Crippen LogP contribution in [0.1, 0.15) is 43.9 Å². The average Bonchev–Trinajstić information content (AvgIpc) is 2.67. The Morgan fingerprint density at radius 1 is 1.33 bits per heavy atom. The molecule has 0 bridgehead atoms. The van der Waals surface area contributed by atoms with E-state index in [1.165, 1.54) is 17.7 Å². The molecule has 1 aliphatic carbocycles. The van der Waals surface area contributed by atoms with Gasteiger partial charge in [0.2, 0.25) is 0 Å². The molecule has 0 fully saturated rings. The fourth-order valence-electron chi connectivity index (χ4n) is 3.50. The Labute approximate surface area is 163 Å². The highest BCUT2D eigenvalue weighted by Gasteiger charge is 2.23. The van der Waals surface area contributed by atoms with E-state index in [1.54, 1.807) is 0 Å². The number of aromatic nitrogens is 1. The molecule has 0 radical (unpaired) electrons. The van der Waals surface area contributed by atoms with Gasteiger partial charge in [-0.3, -0.25) is 0 Å². The number of nitrogens with one attached hydrogen (secondary N) is 3. The van der Waals surface area contributed by atoms with Crippen LogP contribution in [0.3, 0.4) is 0 Å². The van der Waals surface area contributed by atoms with Crippen LogP contribution in [0.2, 0.25) is 0 Å². The first-order valence-electron chi connectivity index (χ1n) is 10.3. The Morgan fingerprint density at radius 2 is 2.22 bits per heavy atom. The second-order valence-corrected chi connectivity index (χ2v) is 7.77. The summed E-state index contributed by atoms with van der Waals surface area (Å²) >= 11 is 0. The molecule has 1 aromatic rings. The van der Waals surface area contributed by atoms with Crippen LogP contribution in [-0.4, -0.2) is 38.3 Å². The van der Waals surface area contributed by atoms with Gasteiger partial charge < -0.3 is 20.7 Å². The normalized spacial score (nSPS) is 21.2. The second kappa shape index (κ2) is 9.79. The predicted molar refractivity (Wildman–Crippen MR) is 112 cm³/mol. The van der Waals surface area contributed by atoms with Crippen molar-refractivity contribution in [2.24, 2.45) is 5.41 Å². The molecular formula is C22H34N4O. The number of fused-ring (bicyclic) bond motifs is 1. The highest BCUT2D eigenvalue weighted by molar-refractivity contribution is 5.46. The number of anilines is 1. The Kier molecular flexibility index (Phi) is 7.16. The summed E-state index contributed by atoms with van der Waals surface area (Å²) in [6.45, 7) is 5.85. The zero-order valence-corrected chi connectivity index (χ0v) is 16.8. The van der Waals surface area contributed by atoms with Crippen LogP contribution in [0, 0.1) is 5.41 Å². The van der Waals surface area contributed by atoms with E-state index in [4.69, 9.17) is 9.72 Å². The molecule has 0 aromatic carbocycles. The van der Waals surface area contributed by atoms with Crippen LogP contribution in [0.25, 0.3) is 0 Å². The van der Waals surface area contributed by atoms with Crippen LogP contribution in [0.5, 0.6) is 0 Å². The molecule has 0 saturated carbocycles. The SMILES string of the molecule is CN/C(=C\C1(C)C=CC1)OCCNCCCCc1ccc2c(n1)NCCC2. The second-order valence-electron chi connectivity index (χ2n) is 7.77. The molecule has 5 heteroatoms. The molecule has 1 atom stereocenters. The topological polar surface area (TPSA) is 58.2 Å². The van der Waals surface area contributed by atoms with Crippen molar-refractivity contribution in [3.05, 3.63) is 47.5 Å². The van der Waals surface area contributed by atoms with Crippen molar-refractivity contribution in [3.8, 4) is 0 Å². The van der Waals surface area contributed by atoms with Crippen LogP contribution < -0.4 is 16.0 Å². The summed E-state index contributed by atoms with van der Waals surface area (Å²) < 4.78 is 5.83. The number of hydrogen-bond acceptors (Lipinski definition) is 5. The van der Waals surface area contributed by atoms with Gasteiger partial charge in [0.25, 0.3) is 0 Å². The van der Waals surface area contributed by atoms with Gasteiger partial charge in [-0.25, -0.2) is 4.98 Å². The summed E-state index contributed by atoms with van der Waals surface area (Å²) in [4.78, 5) is 4.76. The van der Waals surface area contributed by atoms with Crippen molar-refractivity contribution in [1.82, 2.24) is 15.6 Å². The van der Waals surface area contributed by atoms with Gasteiger partial charge in [0.05, 0.1) is 0 Å². The van der Waals surface area contributed by atoms with Gasteiger partial charge in [0.1, 0.15) is 12.4 Å². The minimum Gasteiger partial charge on any atom is -0.478 e. The van der Waals surface area contributed by atoms with Crippen molar-refractivity contribution in [1.29, 1.82) is 0 Å². The molecule has 1 aliphatic heterocycles. The average molecular weight is 371 g/mol. The maximum atomic E-state index is 5.83. The Morgan fingerprint density at radius 3 is 3.00 bits per heavy atom. The van der Waals surface area contributed by atoms with Crippen LogP contribution >= 0.6 is 0 Å². The van der Waals surface area contributed by atoms with E-state index in [2.05, 4.69) is 53.2 Å². The third-order valence-electron chi connectivity index (χ3n) is 5.29. The minimum atomic E-state index is 0.159. The lowest BCUT2D eigenvalue weighted by Crippen LogP contribution is -2.24. The summed E-state index contributed by atoms with van der Waals surface area (Å²) in [5.41, 5.74) is 2.73. The number of aryl methyl sites for hydroxylation is 2. The lowest BCUT2D eigenvalue weighted by Gasteiger charge is -2.28. The first kappa shape index (κ1) is 19.7. The summed E-state index contributed by atoms with van der Waals surface area (Å²) in [7, 11) is 1.91. The van der Waals surface area contributed by atoms with Crippen LogP contribution in [0.4, 0.5) is 5.82 Å². The van der Waals surface area contributed by atoms with Crippen LogP contribution in [-0.2, 0) is 17.6 Å². The zero-order chi connectivity index (χ0) is 19.0. The molecule has 27 heavy (non-hydrogen) atoms.